The molecule has 0 atom stereocenters. The molecule has 1 rings (SSSR count). The number of imidazole rings is 1. The van der Waals surface area contributed by atoms with Crippen LogP contribution in [0.4, 0.5) is 0 Å². The van der Waals surface area contributed by atoms with Gasteiger partial charge >= 0.3 is 0 Å². The minimum atomic E-state index is 0.719. The zero-order valence-corrected chi connectivity index (χ0v) is 7.74. The molecule has 0 aliphatic rings. The van der Waals surface area contributed by atoms with Crippen LogP contribution in [0.1, 0.15) is 11.5 Å². The maximum absolute atomic E-state index is 5.95. The molecule has 0 saturated heterocycles. The number of aryl methyl sites for hydroxylation is 1. The molecule has 0 aromatic carbocycles. The average molecular weight is 174 g/mol. The van der Waals surface area contributed by atoms with Crippen molar-refractivity contribution in [2.75, 3.05) is 7.05 Å². The molecule has 1 heterocycles. The number of nitrogens with one attached hydrogen (secondary N) is 1. The van der Waals surface area contributed by atoms with E-state index >= 15 is 0 Å². The van der Waals surface area contributed by atoms with E-state index in [-0.39, 0.29) is 0 Å². The van der Waals surface area contributed by atoms with E-state index < -0.39 is 0 Å². The van der Waals surface area contributed by atoms with E-state index in [1.807, 2.05) is 25.6 Å². The fraction of sp³-hybridized carbons (Fsp3) is 0.571. The summed E-state index contributed by atoms with van der Waals surface area (Å²) in [6.45, 7) is 2.66. The predicted molar refractivity (Wildman–Crippen MR) is 45.7 cm³/mol. The second kappa shape index (κ2) is 3.24. The lowest BCUT2D eigenvalue weighted by atomic mass is 10.5. The molecule has 4 heteroatoms. The molecule has 0 fully saturated rings. The highest BCUT2D eigenvalue weighted by atomic mass is 35.5. The minimum absolute atomic E-state index is 0.719. The largest absolute Gasteiger partial charge is 0.322 e. The highest BCUT2D eigenvalue weighted by Gasteiger charge is 2.07. The van der Waals surface area contributed by atoms with E-state index in [2.05, 4.69) is 10.3 Å². The van der Waals surface area contributed by atoms with Crippen molar-refractivity contribution in [3.63, 3.8) is 0 Å². The number of hydrogen-bond donors (Lipinski definition) is 1. The molecule has 62 valence electrons. The van der Waals surface area contributed by atoms with Crippen LogP contribution in [0, 0.1) is 6.92 Å². The fourth-order valence-electron chi connectivity index (χ4n) is 0.932. The normalized spacial score (nSPS) is 10.5. The first-order chi connectivity index (χ1) is 5.16. The molecule has 1 aromatic rings. The molecule has 3 nitrogen and oxygen atoms in total. The van der Waals surface area contributed by atoms with Crippen molar-refractivity contribution >= 4 is 11.6 Å². The summed E-state index contributed by atoms with van der Waals surface area (Å²) >= 11 is 5.95. The maximum Gasteiger partial charge on any atom is 0.133 e. The highest BCUT2D eigenvalue weighted by Crippen LogP contribution is 2.15. The summed E-state index contributed by atoms with van der Waals surface area (Å²) in [5.74, 6) is 0.945. The number of nitrogens with zero attached hydrogens (tertiary/aromatic N) is 2. The highest BCUT2D eigenvalue weighted by molar-refractivity contribution is 6.30. The molecule has 11 heavy (non-hydrogen) atoms. The molecule has 0 unspecified atom stereocenters. The van der Waals surface area contributed by atoms with Gasteiger partial charge in [0.25, 0.3) is 0 Å². The zero-order valence-electron chi connectivity index (χ0n) is 6.98. The first-order valence-corrected chi connectivity index (χ1v) is 3.87. The molecular weight excluding hydrogens is 162 g/mol. The van der Waals surface area contributed by atoms with Crippen LogP contribution in [0.25, 0.3) is 0 Å². The molecule has 0 spiro atoms. The van der Waals surface area contributed by atoms with Crippen LogP contribution in [0.3, 0.4) is 0 Å². The van der Waals surface area contributed by atoms with Gasteiger partial charge in [-0.05, 0) is 14.0 Å². The molecule has 1 aromatic heterocycles. The maximum atomic E-state index is 5.95. The third kappa shape index (κ3) is 1.54. The standard InChI is InChI=1S/C7H12ClN3/c1-5-10-6(4-9-2)7(8)11(5)3/h9H,4H2,1-3H3. The summed E-state index contributed by atoms with van der Waals surface area (Å²) in [4.78, 5) is 4.27. The van der Waals surface area contributed by atoms with Crippen LogP contribution in [0.2, 0.25) is 5.15 Å². The quantitative estimate of drug-likeness (QED) is 0.726. The molecule has 0 aliphatic heterocycles. The van der Waals surface area contributed by atoms with E-state index in [1.165, 1.54) is 0 Å². The molecule has 0 amide bonds. The van der Waals surface area contributed by atoms with Gasteiger partial charge in [0.2, 0.25) is 0 Å². The Morgan fingerprint density at radius 2 is 2.27 bits per heavy atom. The zero-order chi connectivity index (χ0) is 8.43. The lowest BCUT2D eigenvalue weighted by molar-refractivity contribution is 0.795. The van der Waals surface area contributed by atoms with E-state index in [4.69, 9.17) is 11.6 Å². The van der Waals surface area contributed by atoms with Crippen LogP contribution in [0.15, 0.2) is 0 Å². The van der Waals surface area contributed by atoms with Gasteiger partial charge in [-0.1, -0.05) is 11.6 Å². The summed E-state index contributed by atoms with van der Waals surface area (Å²) in [5.41, 5.74) is 0.911. The third-order valence-corrected chi connectivity index (χ3v) is 2.13. The van der Waals surface area contributed by atoms with Gasteiger partial charge in [-0.25, -0.2) is 4.98 Å². The fourth-order valence-corrected chi connectivity index (χ4v) is 1.16. The number of hydrogen-bond acceptors (Lipinski definition) is 2. The second-order valence-electron chi connectivity index (χ2n) is 2.49. The van der Waals surface area contributed by atoms with Crippen molar-refractivity contribution in [3.05, 3.63) is 16.7 Å². The van der Waals surface area contributed by atoms with Gasteiger partial charge < -0.3 is 9.88 Å². The second-order valence-corrected chi connectivity index (χ2v) is 2.84. The summed E-state index contributed by atoms with van der Waals surface area (Å²) in [5, 5.41) is 3.72. The van der Waals surface area contributed by atoms with Crippen LogP contribution in [0.5, 0.6) is 0 Å². The van der Waals surface area contributed by atoms with Gasteiger partial charge in [0.05, 0.1) is 5.69 Å². The Morgan fingerprint density at radius 3 is 2.64 bits per heavy atom. The first kappa shape index (κ1) is 8.56. The van der Waals surface area contributed by atoms with Crippen LogP contribution in [-0.2, 0) is 13.6 Å². The number of aromatic nitrogens is 2. The third-order valence-electron chi connectivity index (χ3n) is 1.66. The monoisotopic (exact) mass is 173 g/mol. The Bertz CT molecular complexity index is 254. The van der Waals surface area contributed by atoms with Gasteiger partial charge in [0.15, 0.2) is 0 Å². The van der Waals surface area contributed by atoms with Crippen LogP contribution in [-0.4, -0.2) is 16.6 Å². The van der Waals surface area contributed by atoms with Crippen LogP contribution < -0.4 is 5.32 Å². The van der Waals surface area contributed by atoms with Gasteiger partial charge in [-0.3, -0.25) is 0 Å². The van der Waals surface area contributed by atoms with E-state index in [0.717, 1.165) is 23.2 Å². The molecule has 0 radical (unpaired) electrons. The van der Waals surface area contributed by atoms with Crippen molar-refractivity contribution in [2.45, 2.75) is 13.5 Å². The van der Waals surface area contributed by atoms with Gasteiger partial charge in [0.1, 0.15) is 11.0 Å². The summed E-state index contributed by atoms with van der Waals surface area (Å²) in [7, 11) is 3.78. The minimum Gasteiger partial charge on any atom is -0.322 e. The average Bonchev–Trinajstić information content (AvgIpc) is 2.19. The molecule has 1 N–H and O–H groups in total. The number of halogens is 1. The first-order valence-electron chi connectivity index (χ1n) is 3.49. The lowest BCUT2D eigenvalue weighted by Crippen LogP contribution is -2.05. The van der Waals surface area contributed by atoms with Crippen molar-refractivity contribution in [1.82, 2.24) is 14.9 Å². The Hall–Kier alpha value is -0.540. The molecule has 0 aliphatic carbocycles. The SMILES string of the molecule is CNCc1nc(C)n(C)c1Cl. The summed E-state index contributed by atoms with van der Waals surface area (Å²) in [6.07, 6.45) is 0. The van der Waals surface area contributed by atoms with Crippen LogP contribution >= 0.6 is 11.6 Å². The van der Waals surface area contributed by atoms with Crippen molar-refractivity contribution in [3.8, 4) is 0 Å². The number of rotatable bonds is 2. The van der Waals surface area contributed by atoms with E-state index in [9.17, 15) is 0 Å². The topological polar surface area (TPSA) is 29.9 Å². The van der Waals surface area contributed by atoms with Crippen molar-refractivity contribution in [2.24, 2.45) is 7.05 Å². The Morgan fingerprint density at radius 1 is 1.64 bits per heavy atom. The Kier molecular flexibility index (Phi) is 2.52. The van der Waals surface area contributed by atoms with Gasteiger partial charge in [-0.2, -0.15) is 0 Å². The summed E-state index contributed by atoms with van der Waals surface area (Å²) < 4.78 is 1.87. The molecule has 0 bridgehead atoms. The Balaban J connectivity index is 2.98. The van der Waals surface area contributed by atoms with Crippen molar-refractivity contribution < 1.29 is 0 Å². The van der Waals surface area contributed by atoms with Crippen molar-refractivity contribution in [1.29, 1.82) is 0 Å². The Labute approximate surface area is 71.4 Å². The van der Waals surface area contributed by atoms with E-state index in [0.29, 0.717) is 0 Å². The predicted octanol–water partition coefficient (Wildman–Crippen LogP) is 1.10. The summed E-state index contributed by atoms with van der Waals surface area (Å²) in [6, 6.07) is 0. The van der Waals surface area contributed by atoms with Gasteiger partial charge in [-0.15, -0.1) is 0 Å². The lowest BCUT2D eigenvalue weighted by Gasteiger charge is -1.95. The van der Waals surface area contributed by atoms with Gasteiger partial charge in [0, 0.05) is 13.6 Å². The molecular formula is C7H12ClN3. The van der Waals surface area contributed by atoms with E-state index in [1.54, 1.807) is 0 Å². The smallest absolute Gasteiger partial charge is 0.133 e. The molecule has 0 saturated carbocycles.